The fourth-order valence-electron chi connectivity index (χ4n) is 2.41. The number of phenolic OH excluding ortho intramolecular Hbond substituents is 1. The Balaban J connectivity index is 1.62. The minimum Gasteiger partial charge on any atom is -0.503 e. The molecule has 9 nitrogen and oxygen atoms in total. The number of nitrogens with one attached hydrogen (secondary N) is 1. The number of hydrogen-bond donors (Lipinski definition) is 2. The lowest BCUT2D eigenvalue weighted by atomic mass is 10.1. The average Bonchev–Trinajstić information content (AvgIpc) is 3.12. The molecule has 0 unspecified atom stereocenters. The second kappa shape index (κ2) is 8.61. The number of ether oxygens (including phenoxy) is 1. The molecule has 144 valence electrons. The van der Waals surface area contributed by atoms with Crippen LogP contribution in [0.5, 0.6) is 11.5 Å². The molecule has 1 aromatic heterocycles. The molecule has 2 N–H and O–H groups in total. The number of aryl methyl sites for hydroxylation is 1. The van der Waals surface area contributed by atoms with Crippen molar-refractivity contribution in [2.75, 3.05) is 7.11 Å². The summed E-state index contributed by atoms with van der Waals surface area (Å²) in [7, 11) is 1.44. The minimum absolute atomic E-state index is 0.00889. The summed E-state index contributed by atoms with van der Waals surface area (Å²) in [6.45, 7) is 1.83. The van der Waals surface area contributed by atoms with Gasteiger partial charge in [0.1, 0.15) is 6.54 Å². The van der Waals surface area contributed by atoms with Crippen molar-refractivity contribution in [2.24, 2.45) is 5.10 Å². The lowest BCUT2D eigenvalue weighted by molar-refractivity contribution is -0.122. The lowest BCUT2D eigenvalue weighted by Crippen LogP contribution is -2.24. The van der Waals surface area contributed by atoms with Crippen molar-refractivity contribution in [3.8, 4) is 22.9 Å². The van der Waals surface area contributed by atoms with Crippen molar-refractivity contribution in [3.63, 3.8) is 0 Å². The SMILES string of the molecule is COc1cc(/C=N\NC(=O)Cn2nnc(-c3ccccc3C)n2)cc(Br)c1O. The number of hydrogen-bond acceptors (Lipinski definition) is 7. The van der Waals surface area contributed by atoms with Crippen LogP contribution in [0.15, 0.2) is 46.0 Å². The average molecular weight is 445 g/mol. The largest absolute Gasteiger partial charge is 0.503 e. The fourth-order valence-corrected chi connectivity index (χ4v) is 2.87. The summed E-state index contributed by atoms with van der Waals surface area (Å²) in [6, 6.07) is 10.9. The van der Waals surface area contributed by atoms with Gasteiger partial charge in [-0.3, -0.25) is 4.79 Å². The van der Waals surface area contributed by atoms with Gasteiger partial charge in [0, 0.05) is 5.56 Å². The zero-order chi connectivity index (χ0) is 20.1. The third-order valence-electron chi connectivity index (χ3n) is 3.80. The first-order valence-corrected chi connectivity index (χ1v) is 8.99. The van der Waals surface area contributed by atoms with Gasteiger partial charge in [0.25, 0.3) is 5.91 Å². The van der Waals surface area contributed by atoms with Crippen molar-refractivity contribution in [3.05, 3.63) is 52.0 Å². The molecule has 0 bridgehead atoms. The van der Waals surface area contributed by atoms with Crippen molar-refractivity contribution < 1.29 is 14.6 Å². The number of methoxy groups -OCH3 is 1. The molecule has 0 spiro atoms. The summed E-state index contributed by atoms with van der Waals surface area (Å²) < 4.78 is 5.52. The normalized spacial score (nSPS) is 11.0. The van der Waals surface area contributed by atoms with Gasteiger partial charge in [-0.05, 0) is 51.3 Å². The number of tetrazole rings is 1. The van der Waals surface area contributed by atoms with Crippen LogP contribution in [0.1, 0.15) is 11.1 Å². The van der Waals surface area contributed by atoms with Crippen molar-refractivity contribution in [1.29, 1.82) is 0 Å². The summed E-state index contributed by atoms with van der Waals surface area (Å²) in [5.74, 6) is 0.327. The maximum Gasteiger partial charge on any atom is 0.263 e. The molecule has 0 fully saturated rings. The standard InChI is InChI=1S/C18H17BrN6O3/c1-11-5-3-4-6-13(11)18-22-24-25(23-18)10-16(26)21-20-9-12-7-14(19)17(27)15(8-12)28-2/h3-9,27H,10H2,1-2H3,(H,21,26)/b20-9-. The Hall–Kier alpha value is -3.27. The monoisotopic (exact) mass is 444 g/mol. The van der Waals surface area contributed by atoms with Gasteiger partial charge in [0.15, 0.2) is 11.5 Å². The molecule has 0 atom stereocenters. The lowest BCUT2D eigenvalue weighted by Gasteiger charge is -2.06. The Labute approximate surface area is 169 Å². The minimum atomic E-state index is -0.408. The first-order valence-electron chi connectivity index (χ1n) is 8.20. The van der Waals surface area contributed by atoms with Crippen molar-refractivity contribution in [2.45, 2.75) is 13.5 Å². The number of amides is 1. The summed E-state index contributed by atoms with van der Waals surface area (Å²) in [4.78, 5) is 13.2. The number of carbonyl (C=O) groups excluding carboxylic acids is 1. The Bertz CT molecular complexity index is 1030. The van der Waals surface area contributed by atoms with E-state index >= 15 is 0 Å². The van der Waals surface area contributed by atoms with Gasteiger partial charge in [-0.25, -0.2) is 5.43 Å². The van der Waals surface area contributed by atoms with Crippen LogP contribution >= 0.6 is 15.9 Å². The van der Waals surface area contributed by atoms with E-state index in [4.69, 9.17) is 4.74 Å². The van der Waals surface area contributed by atoms with E-state index in [1.807, 2.05) is 31.2 Å². The number of hydrazone groups is 1. The van der Waals surface area contributed by atoms with E-state index in [0.717, 1.165) is 11.1 Å². The molecule has 3 rings (SSSR count). The molecule has 0 aliphatic heterocycles. The molecule has 0 aliphatic carbocycles. The number of benzene rings is 2. The van der Waals surface area contributed by atoms with Gasteiger partial charge in [-0.15, -0.1) is 10.2 Å². The maximum atomic E-state index is 12.0. The van der Waals surface area contributed by atoms with E-state index in [1.54, 1.807) is 12.1 Å². The van der Waals surface area contributed by atoms with E-state index in [0.29, 0.717) is 15.9 Å². The van der Waals surface area contributed by atoms with E-state index in [9.17, 15) is 9.90 Å². The van der Waals surface area contributed by atoms with E-state index in [1.165, 1.54) is 18.1 Å². The van der Waals surface area contributed by atoms with Crippen LogP contribution < -0.4 is 10.2 Å². The third kappa shape index (κ3) is 4.52. The zero-order valence-corrected chi connectivity index (χ0v) is 16.7. The van der Waals surface area contributed by atoms with E-state index in [-0.39, 0.29) is 18.0 Å². The highest BCUT2D eigenvalue weighted by Gasteiger charge is 2.11. The number of carbonyl (C=O) groups is 1. The summed E-state index contributed by atoms with van der Waals surface area (Å²) in [5, 5.41) is 25.8. The maximum absolute atomic E-state index is 12.0. The molecular formula is C18H17BrN6O3. The highest BCUT2D eigenvalue weighted by Crippen LogP contribution is 2.34. The highest BCUT2D eigenvalue weighted by molar-refractivity contribution is 9.10. The van der Waals surface area contributed by atoms with Crippen LogP contribution in [0.3, 0.4) is 0 Å². The van der Waals surface area contributed by atoms with Crippen LogP contribution in [0.25, 0.3) is 11.4 Å². The molecular weight excluding hydrogens is 428 g/mol. The predicted molar refractivity (Wildman–Crippen MR) is 106 cm³/mol. The Morgan fingerprint density at radius 3 is 2.93 bits per heavy atom. The third-order valence-corrected chi connectivity index (χ3v) is 4.40. The molecule has 10 heteroatoms. The number of halogens is 1. The van der Waals surface area contributed by atoms with Crippen LogP contribution in [0, 0.1) is 6.92 Å². The number of nitrogens with zero attached hydrogens (tertiary/aromatic N) is 5. The van der Waals surface area contributed by atoms with Crippen LogP contribution in [-0.2, 0) is 11.3 Å². The fraction of sp³-hybridized carbons (Fsp3) is 0.167. The molecule has 1 heterocycles. The van der Waals surface area contributed by atoms with E-state index in [2.05, 4.69) is 41.9 Å². The van der Waals surface area contributed by atoms with E-state index < -0.39 is 5.91 Å². The topological polar surface area (TPSA) is 115 Å². The first-order chi connectivity index (χ1) is 13.5. The smallest absolute Gasteiger partial charge is 0.263 e. The zero-order valence-electron chi connectivity index (χ0n) is 15.1. The molecule has 0 saturated carbocycles. The Morgan fingerprint density at radius 1 is 1.39 bits per heavy atom. The quantitative estimate of drug-likeness (QED) is 0.445. The molecule has 28 heavy (non-hydrogen) atoms. The first kappa shape index (κ1) is 19.5. The van der Waals surface area contributed by atoms with Crippen molar-refractivity contribution in [1.82, 2.24) is 25.6 Å². The molecule has 0 aliphatic rings. The van der Waals surface area contributed by atoms with Gasteiger partial charge >= 0.3 is 0 Å². The second-order valence-electron chi connectivity index (χ2n) is 5.81. The summed E-state index contributed by atoms with van der Waals surface area (Å²) >= 11 is 3.22. The van der Waals surface area contributed by atoms with Gasteiger partial charge < -0.3 is 9.84 Å². The number of phenols is 1. The molecule has 0 saturated heterocycles. The molecule has 1 amide bonds. The number of rotatable bonds is 6. The Morgan fingerprint density at radius 2 is 2.18 bits per heavy atom. The van der Waals surface area contributed by atoms with Crippen LogP contribution in [0.2, 0.25) is 0 Å². The second-order valence-corrected chi connectivity index (χ2v) is 6.66. The van der Waals surface area contributed by atoms with Gasteiger partial charge in [-0.2, -0.15) is 9.90 Å². The van der Waals surface area contributed by atoms with Crippen molar-refractivity contribution >= 4 is 28.1 Å². The highest BCUT2D eigenvalue weighted by atomic mass is 79.9. The number of aromatic hydroxyl groups is 1. The predicted octanol–water partition coefficient (Wildman–Crippen LogP) is 2.28. The molecule has 2 aromatic carbocycles. The van der Waals surface area contributed by atoms with Gasteiger partial charge in [0.05, 0.1) is 17.8 Å². The van der Waals surface area contributed by atoms with Crippen LogP contribution in [0.4, 0.5) is 0 Å². The molecule has 3 aromatic rings. The van der Waals surface area contributed by atoms with Gasteiger partial charge in [-0.1, -0.05) is 24.3 Å². The van der Waals surface area contributed by atoms with Crippen LogP contribution in [-0.4, -0.2) is 44.5 Å². The Kier molecular flexibility index (Phi) is 5.99. The summed E-state index contributed by atoms with van der Waals surface area (Å²) in [6.07, 6.45) is 1.43. The molecule has 0 radical (unpaired) electrons. The number of aromatic nitrogens is 4. The van der Waals surface area contributed by atoms with Gasteiger partial charge in [0.2, 0.25) is 5.82 Å². The summed E-state index contributed by atoms with van der Waals surface area (Å²) in [5.41, 5.74) is 4.90.